The van der Waals surface area contributed by atoms with E-state index in [0.29, 0.717) is 24.8 Å². The lowest BCUT2D eigenvalue weighted by Crippen LogP contribution is -2.55. The molecule has 31 heavy (non-hydrogen) atoms. The van der Waals surface area contributed by atoms with Crippen LogP contribution in [-0.2, 0) is 0 Å². The number of pyridine rings is 1. The number of aliphatic hydroxyl groups is 2. The summed E-state index contributed by atoms with van der Waals surface area (Å²) in [6, 6.07) is 6.76. The van der Waals surface area contributed by atoms with Gasteiger partial charge in [0.1, 0.15) is 6.10 Å². The average Bonchev–Trinajstić information content (AvgIpc) is 3.14. The lowest BCUT2D eigenvalue weighted by Gasteiger charge is -2.40. The fourth-order valence-electron chi connectivity index (χ4n) is 3.67. The van der Waals surface area contributed by atoms with Crippen LogP contribution in [-0.4, -0.2) is 63.4 Å². The van der Waals surface area contributed by atoms with Gasteiger partial charge >= 0.3 is 6.03 Å². The molecule has 3 aromatic rings. The van der Waals surface area contributed by atoms with Crippen LogP contribution in [0.2, 0.25) is 0 Å². The van der Waals surface area contributed by atoms with Crippen molar-refractivity contribution in [2.24, 2.45) is 0 Å². The summed E-state index contributed by atoms with van der Waals surface area (Å²) in [7, 11) is 0. The summed E-state index contributed by atoms with van der Waals surface area (Å²) >= 11 is 1.43. The van der Waals surface area contributed by atoms with Gasteiger partial charge in [0, 0.05) is 37.4 Å². The Bertz CT molecular complexity index is 1110. The summed E-state index contributed by atoms with van der Waals surface area (Å²) in [4.78, 5) is 24.9. The number of aliphatic hydroxyl groups excluding tert-OH is 2. The number of piperazine rings is 1. The Kier molecular flexibility index (Phi) is 6.03. The van der Waals surface area contributed by atoms with Crippen LogP contribution in [0.1, 0.15) is 24.2 Å². The summed E-state index contributed by atoms with van der Waals surface area (Å²) < 4.78 is 15.5. The van der Waals surface area contributed by atoms with Gasteiger partial charge in [-0.25, -0.2) is 19.2 Å². The van der Waals surface area contributed by atoms with Crippen molar-refractivity contribution in [3.63, 3.8) is 0 Å². The quantitative estimate of drug-likeness (QED) is 0.571. The molecule has 4 rings (SSSR count). The van der Waals surface area contributed by atoms with E-state index in [0.717, 1.165) is 15.8 Å². The fourth-order valence-corrected chi connectivity index (χ4v) is 4.51. The van der Waals surface area contributed by atoms with Gasteiger partial charge in [0.25, 0.3) is 0 Å². The molecule has 0 saturated carbocycles. The second kappa shape index (κ2) is 8.74. The van der Waals surface area contributed by atoms with Crippen molar-refractivity contribution < 1.29 is 19.4 Å². The van der Waals surface area contributed by atoms with Crippen molar-refractivity contribution in [3.8, 4) is 0 Å². The molecule has 1 saturated heterocycles. The number of nitrogens with zero attached hydrogens (tertiary/aromatic N) is 4. The molecule has 1 aliphatic rings. The zero-order chi connectivity index (χ0) is 22.1. The number of hydrogen-bond acceptors (Lipinski definition) is 7. The number of nitrogens with one attached hydrogen (secondary N) is 1. The maximum atomic E-state index is 14.5. The zero-order valence-corrected chi connectivity index (χ0v) is 18.1. The summed E-state index contributed by atoms with van der Waals surface area (Å²) in [6.45, 7) is 4.63. The second-order valence-corrected chi connectivity index (χ2v) is 8.71. The minimum absolute atomic E-state index is 0.169. The van der Waals surface area contributed by atoms with Crippen LogP contribution in [0.4, 0.5) is 20.1 Å². The van der Waals surface area contributed by atoms with Gasteiger partial charge in [0.2, 0.25) is 0 Å². The molecule has 2 aromatic heterocycles. The highest BCUT2D eigenvalue weighted by Crippen LogP contribution is 2.28. The van der Waals surface area contributed by atoms with E-state index in [4.69, 9.17) is 5.11 Å². The van der Waals surface area contributed by atoms with Crippen molar-refractivity contribution in [1.29, 1.82) is 0 Å². The molecular weight excluding hydrogens is 421 g/mol. The summed E-state index contributed by atoms with van der Waals surface area (Å²) in [6.07, 6.45) is 0.194. The third-order valence-electron chi connectivity index (χ3n) is 5.35. The number of amides is 2. The molecular formula is C21H24FN5O3S. The van der Waals surface area contributed by atoms with E-state index in [1.165, 1.54) is 23.6 Å². The zero-order valence-electron chi connectivity index (χ0n) is 17.2. The van der Waals surface area contributed by atoms with Gasteiger partial charge in [-0.2, -0.15) is 0 Å². The number of benzene rings is 1. The molecule has 0 aliphatic carbocycles. The fraction of sp³-hybridized carbons (Fsp3) is 0.381. The predicted octanol–water partition coefficient (Wildman–Crippen LogP) is 2.91. The molecule has 0 unspecified atom stereocenters. The summed E-state index contributed by atoms with van der Waals surface area (Å²) in [5.74, 6) is -0.401. The Morgan fingerprint density at radius 3 is 2.90 bits per heavy atom. The molecule has 1 aromatic carbocycles. The van der Waals surface area contributed by atoms with Gasteiger partial charge in [0.15, 0.2) is 16.8 Å². The number of fused-ring (bicyclic) bond motifs is 1. The highest BCUT2D eigenvalue weighted by Gasteiger charge is 2.30. The minimum Gasteiger partial charge on any atom is -0.393 e. The molecule has 164 valence electrons. The molecule has 0 bridgehead atoms. The Balaban J connectivity index is 1.42. The molecule has 8 nitrogen and oxygen atoms in total. The number of carbonyl (C=O) groups is 1. The molecule has 2 atom stereocenters. The monoisotopic (exact) mass is 445 g/mol. The number of aromatic nitrogens is 2. The number of halogens is 1. The normalized spacial score (nSPS) is 17.8. The first-order valence-electron chi connectivity index (χ1n) is 10.00. The molecule has 10 heteroatoms. The number of anilines is 2. The number of urea groups is 1. The van der Waals surface area contributed by atoms with Gasteiger partial charge in [-0.1, -0.05) is 17.4 Å². The van der Waals surface area contributed by atoms with Crippen LogP contribution >= 0.6 is 11.3 Å². The van der Waals surface area contributed by atoms with Crippen LogP contribution < -0.4 is 10.2 Å². The molecule has 0 radical (unpaired) electrons. The van der Waals surface area contributed by atoms with Crippen LogP contribution in [0.3, 0.4) is 0 Å². The van der Waals surface area contributed by atoms with Crippen molar-refractivity contribution in [2.75, 3.05) is 36.5 Å². The van der Waals surface area contributed by atoms with Crippen LogP contribution in [0.15, 0.2) is 30.5 Å². The van der Waals surface area contributed by atoms with Gasteiger partial charge in [-0.15, -0.1) is 0 Å². The van der Waals surface area contributed by atoms with Gasteiger partial charge in [-0.3, -0.25) is 5.32 Å². The van der Waals surface area contributed by atoms with E-state index in [2.05, 4.69) is 15.3 Å². The average molecular weight is 446 g/mol. The summed E-state index contributed by atoms with van der Waals surface area (Å²) in [5.41, 5.74) is 2.19. The smallest absolute Gasteiger partial charge is 0.324 e. The number of aryl methyl sites for hydroxylation is 1. The third kappa shape index (κ3) is 4.46. The lowest BCUT2D eigenvalue weighted by atomic mass is 10.1. The van der Waals surface area contributed by atoms with Gasteiger partial charge in [0.05, 0.1) is 16.8 Å². The molecule has 1 aliphatic heterocycles. The number of hydrogen-bond donors (Lipinski definition) is 3. The standard InChI is InChI=1S/C21H24FN5O3S/c1-12-3-4-18-16(7-12)24-20(31-18)25-21(30)27-6-5-26(10-13(27)2)19-15(22)8-14(9-23-19)17(29)11-28/h3-4,7-9,13,17,28-29H,5-6,10-11H2,1-2H3,(H,24,25,30)/t13-,17-/m0/s1. The Morgan fingerprint density at radius 1 is 1.39 bits per heavy atom. The van der Waals surface area contributed by atoms with Crippen molar-refractivity contribution in [1.82, 2.24) is 14.9 Å². The first-order valence-corrected chi connectivity index (χ1v) is 10.8. The van der Waals surface area contributed by atoms with E-state index < -0.39 is 18.5 Å². The summed E-state index contributed by atoms with van der Waals surface area (Å²) in [5, 5.41) is 22.1. The molecule has 0 spiro atoms. The van der Waals surface area contributed by atoms with Crippen molar-refractivity contribution in [2.45, 2.75) is 26.0 Å². The maximum Gasteiger partial charge on any atom is 0.324 e. The van der Waals surface area contributed by atoms with Gasteiger partial charge < -0.3 is 20.0 Å². The van der Waals surface area contributed by atoms with Crippen molar-refractivity contribution >= 4 is 38.5 Å². The maximum absolute atomic E-state index is 14.5. The van der Waals surface area contributed by atoms with Crippen LogP contribution in [0.25, 0.3) is 10.2 Å². The lowest BCUT2D eigenvalue weighted by molar-refractivity contribution is 0.0951. The number of thiazole rings is 1. The van der Waals surface area contributed by atoms with Crippen molar-refractivity contribution in [3.05, 3.63) is 47.4 Å². The topological polar surface area (TPSA) is 102 Å². The molecule has 1 fully saturated rings. The SMILES string of the molecule is Cc1ccc2sc(NC(=O)N3CCN(c4ncc([C@@H](O)CO)cc4F)C[C@@H]3C)nc2c1. The first kappa shape index (κ1) is 21.4. The highest BCUT2D eigenvalue weighted by molar-refractivity contribution is 7.22. The van der Waals surface area contributed by atoms with Gasteiger partial charge in [-0.05, 0) is 37.6 Å². The van der Waals surface area contributed by atoms with E-state index in [-0.39, 0.29) is 23.5 Å². The number of rotatable bonds is 4. The van der Waals surface area contributed by atoms with Crippen LogP contribution in [0, 0.1) is 12.7 Å². The van der Waals surface area contributed by atoms with E-state index in [1.807, 2.05) is 32.0 Å². The molecule has 3 heterocycles. The second-order valence-electron chi connectivity index (χ2n) is 7.68. The predicted molar refractivity (Wildman–Crippen MR) is 118 cm³/mol. The Morgan fingerprint density at radius 2 is 2.19 bits per heavy atom. The Labute approximate surface area is 183 Å². The van der Waals surface area contributed by atoms with E-state index >= 15 is 0 Å². The molecule has 3 N–H and O–H groups in total. The van der Waals surface area contributed by atoms with Crippen LogP contribution in [0.5, 0.6) is 0 Å². The first-order chi connectivity index (χ1) is 14.9. The van der Waals surface area contributed by atoms with E-state index in [9.17, 15) is 14.3 Å². The Hall–Kier alpha value is -2.82. The molecule has 2 amide bonds. The number of carbonyl (C=O) groups excluding carboxylic acids is 1. The third-order valence-corrected chi connectivity index (χ3v) is 6.30. The minimum atomic E-state index is -1.16. The highest BCUT2D eigenvalue weighted by atomic mass is 32.1. The largest absolute Gasteiger partial charge is 0.393 e. The van der Waals surface area contributed by atoms with E-state index in [1.54, 1.807) is 9.80 Å².